The number of rotatable bonds is 2. The predicted octanol–water partition coefficient (Wildman–Crippen LogP) is 4.78. The van der Waals surface area contributed by atoms with Gasteiger partial charge in [0.05, 0.1) is 17.6 Å². The number of benzene rings is 1. The van der Waals surface area contributed by atoms with Gasteiger partial charge in [-0.05, 0) is 57.5 Å². The summed E-state index contributed by atoms with van der Waals surface area (Å²) in [6.45, 7) is 5.61. The number of carbonyl (C=O) groups excluding carboxylic acids is 1. The molecule has 0 radical (unpaired) electrons. The second-order valence-corrected chi connectivity index (χ2v) is 8.09. The molecule has 1 aliphatic rings. The van der Waals surface area contributed by atoms with Crippen LogP contribution < -0.4 is 5.32 Å². The molecule has 2 aromatic heterocycles. The average Bonchev–Trinajstić information content (AvgIpc) is 3.24. The van der Waals surface area contributed by atoms with Gasteiger partial charge in [-0.2, -0.15) is 18.3 Å². The summed E-state index contributed by atoms with van der Waals surface area (Å²) in [4.78, 5) is 12.3. The summed E-state index contributed by atoms with van der Waals surface area (Å²) in [6, 6.07) is 8.02. The molecule has 0 unspecified atom stereocenters. The fraction of sp³-hybridized carbons (Fsp3) is 0.333. The number of nitrogens with zero attached hydrogens (tertiary/aromatic N) is 2. The van der Waals surface area contributed by atoms with Gasteiger partial charge in [0, 0.05) is 28.7 Å². The molecular weight excluding hydrogens is 383 g/mol. The highest BCUT2D eigenvalue weighted by molar-refractivity contribution is 5.94. The molecule has 0 saturated heterocycles. The molecule has 1 N–H and O–H groups in total. The molecule has 152 valence electrons. The number of halogens is 3. The fourth-order valence-corrected chi connectivity index (χ4v) is 3.53. The van der Waals surface area contributed by atoms with Gasteiger partial charge in [-0.1, -0.05) is 0 Å². The summed E-state index contributed by atoms with van der Waals surface area (Å²) in [5.41, 5.74) is 0.761. The Balaban J connectivity index is 1.79. The summed E-state index contributed by atoms with van der Waals surface area (Å²) >= 11 is 0. The molecule has 0 bridgehead atoms. The molecule has 1 aromatic carbocycles. The standard InChI is InChI=1S/C21H20F3N3O2/c1-20(2,3)25-19(28)12-4-6-13(7-5-12)27-17-14-10-11-29-16(14)9-8-15(17)18(26-27)21(22,23)24/h4-7,10-11H,8-9H2,1-3H3,(H,25,28). The number of alkyl halides is 3. The Hall–Kier alpha value is -3.03. The third-order valence-electron chi connectivity index (χ3n) is 4.72. The highest BCUT2D eigenvalue weighted by atomic mass is 19.4. The lowest BCUT2D eigenvalue weighted by molar-refractivity contribution is -0.142. The molecular formula is C21H20F3N3O2. The van der Waals surface area contributed by atoms with Crippen LogP contribution in [0.5, 0.6) is 0 Å². The lowest BCUT2D eigenvalue weighted by Crippen LogP contribution is -2.40. The van der Waals surface area contributed by atoms with Crippen molar-refractivity contribution in [3.63, 3.8) is 0 Å². The second kappa shape index (κ2) is 6.50. The maximum Gasteiger partial charge on any atom is 0.435 e. The molecule has 2 heterocycles. The van der Waals surface area contributed by atoms with Crippen LogP contribution in [0.2, 0.25) is 0 Å². The smallest absolute Gasteiger partial charge is 0.435 e. The van der Waals surface area contributed by atoms with E-state index in [1.807, 2.05) is 20.8 Å². The summed E-state index contributed by atoms with van der Waals surface area (Å²) in [5, 5.41) is 6.75. The molecule has 8 heteroatoms. The first kappa shape index (κ1) is 19.3. The van der Waals surface area contributed by atoms with E-state index >= 15 is 0 Å². The number of carbonyl (C=O) groups is 1. The van der Waals surface area contributed by atoms with Crippen molar-refractivity contribution in [1.29, 1.82) is 0 Å². The summed E-state index contributed by atoms with van der Waals surface area (Å²) in [6.07, 6.45) is -2.47. The van der Waals surface area contributed by atoms with Crippen LogP contribution in [0.1, 0.15) is 48.1 Å². The highest BCUT2D eigenvalue weighted by Gasteiger charge is 2.41. The quantitative estimate of drug-likeness (QED) is 0.670. The second-order valence-electron chi connectivity index (χ2n) is 8.09. The number of furan rings is 1. The molecule has 4 rings (SSSR count). The Labute approximate surface area is 165 Å². The van der Waals surface area contributed by atoms with E-state index < -0.39 is 17.4 Å². The molecule has 1 amide bonds. The van der Waals surface area contributed by atoms with Gasteiger partial charge in [0.2, 0.25) is 0 Å². The molecule has 0 spiro atoms. The van der Waals surface area contributed by atoms with Gasteiger partial charge >= 0.3 is 6.18 Å². The van der Waals surface area contributed by atoms with Gasteiger partial charge in [-0.15, -0.1) is 0 Å². The van der Waals surface area contributed by atoms with Gasteiger partial charge in [-0.3, -0.25) is 4.79 Å². The fourth-order valence-electron chi connectivity index (χ4n) is 3.53. The van der Waals surface area contributed by atoms with Crippen LogP contribution >= 0.6 is 0 Å². The third-order valence-corrected chi connectivity index (χ3v) is 4.72. The van der Waals surface area contributed by atoms with Crippen LogP contribution in [0.3, 0.4) is 0 Å². The van der Waals surface area contributed by atoms with E-state index in [1.165, 1.54) is 10.9 Å². The molecule has 29 heavy (non-hydrogen) atoms. The predicted molar refractivity (Wildman–Crippen MR) is 101 cm³/mol. The number of aryl methyl sites for hydroxylation is 1. The Morgan fingerprint density at radius 1 is 1.10 bits per heavy atom. The van der Waals surface area contributed by atoms with Gasteiger partial charge in [0.1, 0.15) is 5.76 Å². The van der Waals surface area contributed by atoms with Crippen molar-refractivity contribution < 1.29 is 22.4 Å². The van der Waals surface area contributed by atoms with Crippen LogP contribution in [0.15, 0.2) is 41.0 Å². The van der Waals surface area contributed by atoms with Crippen molar-refractivity contribution in [3.05, 3.63) is 59.2 Å². The lowest BCUT2D eigenvalue weighted by atomic mass is 9.94. The number of fused-ring (bicyclic) bond motifs is 3. The maximum atomic E-state index is 13.6. The van der Waals surface area contributed by atoms with Crippen LogP contribution in [-0.2, 0) is 19.0 Å². The minimum atomic E-state index is -4.55. The summed E-state index contributed by atoms with van der Waals surface area (Å²) in [7, 11) is 0. The van der Waals surface area contributed by atoms with E-state index in [0.29, 0.717) is 34.7 Å². The van der Waals surface area contributed by atoms with E-state index in [2.05, 4.69) is 10.4 Å². The lowest BCUT2D eigenvalue weighted by Gasteiger charge is -2.20. The summed E-state index contributed by atoms with van der Waals surface area (Å²) < 4.78 is 47.5. The first-order valence-electron chi connectivity index (χ1n) is 9.23. The van der Waals surface area contributed by atoms with Gasteiger partial charge in [0.15, 0.2) is 5.69 Å². The van der Waals surface area contributed by atoms with E-state index in [-0.39, 0.29) is 17.9 Å². The molecule has 1 aliphatic carbocycles. The Bertz CT molecular complexity index is 1070. The SMILES string of the molecule is CC(C)(C)NC(=O)c1ccc(-n2nc(C(F)(F)F)c3c2-c2ccoc2CC3)cc1. The number of nitrogens with one attached hydrogen (secondary N) is 1. The number of amides is 1. The van der Waals surface area contributed by atoms with E-state index in [4.69, 9.17) is 4.42 Å². The molecule has 0 atom stereocenters. The topological polar surface area (TPSA) is 60.1 Å². The number of hydrogen-bond donors (Lipinski definition) is 1. The van der Waals surface area contributed by atoms with Crippen molar-refractivity contribution in [2.24, 2.45) is 0 Å². The minimum absolute atomic E-state index is 0.168. The largest absolute Gasteiger partial charge is 0.469 e. The van der Waals surface area contributed by atoms with Gasteiger partial charge in [0.25, 0.3) is 5.91 Å². The Morgan fingerprint density at radius 3 is 2.41 bits per heavy atom. The Kier molecular flexibility index (Phi) is 4.33. The zero-order chi connectivity index (χ0) is 21.0. The van der Waals surface area contributed by atoms with Crippen molar-refractivity contribution >= 4 is 5.91 Å². The zero-order valence-electron chi connectivity index (χ0n) is 16.2. The minimum Gasteiger partial charge on any atom is -0.469 e. The van der Waals surface area contributed by atoms with Crippen molar-refractivity contribution in [1.82, 2.24) is 15.1 Å². The van der Waals surface area contributed by atoms with Gasteiger partial charge in [-0.25, -0.2) is 4.68 Å². The number of aromatic nitrogens is 2. The molecule has 0 saturated carbocycles. The maximum absolute atomic E-state index is 13.6. The van der Waals surface area contributed by atoms with E-state index in [1.54, 1.807) is 30.3 Å². The zero-order valence-corrected chi connectivity index (χ0v) is 16.2. The van der Waals surface area contributed by atoms with Gasteiger partial charge < -0.3 is 9.73 Å². The highest BCUT2D eigenvalue weighted by Crippen LogP contribution is 2.42. The van der Waals surface area contributed by atoms with Crippen molar-refractivity contribution in [2.75, 3.05) is 0 Å². The van der Waals surface area contributed by atoms with Crippen LogP contribution in [0.25, 0.3) is 16.9 Å². The van der Waals surface area contributed by atoms with E-state index in [0.717, 1.165) is 0 Å². The average molecular weight is 403 g/mol. The van der Waals surface area contributed by atoms with Crippen molar-refractivity contribution in [2.45, 2.75) is 45.3 Å². The first-order chi connectivity index (χ1) is 13.5. The number of hydrogen-bond acceptors (Lipinski definition) is 3. The molecule has 0 fully saturated rings. The van der Waals surface area contributed by atoms with Crippen molar-refractivity contribution in [3.8, 4) is 16.9 Å². The monoisotopic (exact) mass is 403 g/mol. The summed E-state index contributed by atoms with van der Waals surface area (Å²) in [5.74, 6) is 0.396. The normalized spacial score (nSPS) is 13.7. The molecule has 3 aromatic rings. The first-order valence-corrected chi connectivity index (χ1v) is 9.23. The van der Waals surface area contributed by atoms with E-state index in [9.17, 15) is 18.0 Å². The van der Waals surface area contributed by atoms with Crippen LogP contribution in [0.4, 0.5) is 13.2 Å². The van der Waals surface area contributed by atoms with Crippen LogP contribution in [0, 0.1) is 0 Å². The molecule has 5 nitrogen and oxygen atoms in total. The molecule has 0 aliphatic heterocycles. The van der Waals surface area contributed by atoms with Crippen LogP contribution in [-0.4, -0.2) is 21.2 Å². The Morgan fingerprint density at radius 2 is 1.79 bits per heavy atom. The third kappa shape index (κ3) is 3.54.